The lowest BCUT2D eigenvalue weighted by Gasteiger charge is -2.25. The van der Waals surface area contributed by atoms with Gasteiger partial charge in [-0.25, -0.2) is 8.42 Å². The van der Waals surface area contributed by atoms with Gasteiger partial charge in [0.1, 0.15) is 5.75 Å². The van der Waals surface area contributed by atoms with E-state index in [1.807, 2.05) is 24.3 Å². The molecule has 1 saturated heterocycles. The van der Waals surface area contributed by atoms with Crippen molar-refractivity contribution in [1.82, 2.24) is 9.62 Å². The van der Waals surface area contributed by atoms with E-state index in [1.165, 1.54) is 21.7 Å². The number of benzene rings is 1. The molecule has 1 aliphatic heterocycles. The Balaban J connectivity index is 1.70. The molecular formula is C18H22N2O5S2. The summed E-state index contributed by atoms with van der Waals surface area (Å²) in [6.07, 6.45) is 0. The Morgan fingerprint density at radius 2 is 1.93 bits per heavy atom. The highest BCUT2D eigenvalue weighted by atomic mass is 32.2. The SMILES string of the molecule is COc1ccc(CNC(=O)c2cc(S(=O)(=O)N3CCOCC3)c(C)s2)cc1. The second-order valence-corrected chi connectivity index (χ2v) is 9.24. The lowest BCUT2D eigenvalue weighted by atomic mass is 10.2. The summed E-state index contributed by atoms with van der Waals surface area (Å²) in [6, 6.07) is 8.85. The van der Waals surface area contributed by atoms with Crippen molar-refractivity contribution in [3.63, 3.8) is 0 Å². The molecule has 0 atom stereocenters. The number of thiophene rings is 1. The number of carbonyl (C=O) groups is 1. The maximum atomic E-state index is 12.8. The lowest BCUT2D eigenvalue weighted by molar-refractivity contribution is 0.0730. The van der Waals surface area contributed by atoms with E-state index in [0.29, 0.717) is 42.6 Å². The highest BCUT2D eigenvalue weighted by molar-refractivity contribution is 7.89. The summed E-state index contributed by atoms with van der Waals surface area (Å²) in [5, 5.41) is 2.83. The van der Waals surface area contributed by atoms with Crippen LogP contribution < -0.4 is 10.1 Å². The molecule has 0 radical (unpaired) electrons. The van der Waals surface area contributed by atoms with Gasteiger partial charge in [0.15, 0.2) is 0 Å². The van der Waals surface area contributed by atoms with Gasteiger partial charge in [-0.1, -0.05) is 12.1 Å². The number of amides is 1. The van der Waals surface area contributed by atoms with E-state index in [1.54, 1.807) is 14.0 Å². The normalized spacial score (nSPS) is 15.5. The van der Waals surface area contributed by atoms with Crippen molar-refractivity contribution in [3.8, 4) is 5.75 Å². The highest BCUT2D eigenvalue weighted by Crippen LogP contribution is 2.28. The molecule has 1 aromatic carbocycles. The Morgan fingerprint density at radius 1 is 1.26 bits per heavy atom. The van der Waals surface area contributed by atoms with Crippen LogP contribution in [-0.4, -0.2) is 52.0 Å². The molecule has 2 aromatic rings. The summed E-state index contributed by atoms with van der Waals surface area (Å²) in [5.41, 5.74) is 0.929. The predicted molar refractivity (Wildman–Crippen MR) is 103 cm³/mol. The number of hydrogen-bond acceptors (Lipinski definition) is 6. The van der Waals surface area contributed by atoms with Gasteiger partial charge in [-0.2, -0.15) is 4.31 Å². The van der Waals surface area contributed by atoms with E-state index in [-0.39, 0.29) is 10.8 Å². The predicted octanol–water partition coefficient (Wildman–Crippen LogP) is 2.02. The lowest BCUT2D eigenvalue weighted by Crippen LogP contribution is -2.40. The fourth-order valence-corrected chi connectivity index (χ4v) is 5.66. The number of aryl methyl sites for hydroxylation is 1. The van der Waals surface area contributed by atoms with Crippen LogP contribution in [0.5, 0.6) is 5.75 Å². The Labute approximate surface area is 163 Å². The zero-order valence-corrected chi connectivity index (χ0v) is 16.9. The first-order valence-electron chi connectivity index (χ1n) is 8.51. The molecule has 3 rings (SSSR count). The molecule has 1 fully saturated rings. The molecule has 27 heavy (non-hydrogen) atoms. The van der Waals surface area contributed by atoms with Crippen molar-refractivity contribution in [2.45, 2.75) is 18.4 Å². The third-order valence-electron chi connectivity index (χ3n) is 4.30. The second-order valence-electron chi connectivity index (χ2n) is 6.08. The average molecular weight is 411 g/mol. The van der Waals surface area contributed by atoms with Crippen molar-refractivity contribution in [2.75, 3.05) is 33.4 Å². The zero-order valence-electron chi connectivity index (χ0n) is 15.2. The molecule has 9 heteroatoms. The molecule has 0 bridgehead atoms. The average Bonchev–Trinajstić information content (AvgIpc) is 3.10. The van der Waals surface area contributed by atoms with Crippen LogP contribution in [0.1, 0.15) is 20.1 Å². The first-order valence-corrected chi connectivity index (χ1v) is 10.8. The number of carbonyl (C=O) groups excluding carboxylic acids is 1. The van der Waals surface area contributed by atoms with Crippen molar-refractivity contribution in [2.24, 2.45) is 0 Å². The van der Waals surface area contributed by atoms with Crippen molar-refractivity contribution in [3.05, 3.63) is 45.6 Å². The van der Waals surface area contributed by atoms with Crippen LogP contribution >= 0.6 is 11.3 Å². The Kier molecular flexibility index (Phi) is 6.15. The third-order valence-corrected chi connectivity index (χ3v) is 7.50. The Hall–Kier alpha value is -1.94. The van der Waals surface area contributed by atoms with Crippen LogP contribution in [0.3, 0.4) is 0 Å². The number of morpholine rings is 1. The fraction of sp³-hybridized carbons (Fsp3) is 0.389. The van der Waals surface area contributed by atoms with Gasteiger partial charge in [0, 0.05) is 24.5 Å². The molecule has 7 nitrogen and oxygen atoms in total. The van der Waals surface area contributed by atoms with Crippen molar-refractivity contribution >= 4 is 27.3 Å². The van der Waals surface area contributed by atoms with E-state index in [9.17, 15) is 13.2 Å². The number of methoxy groups -OCH3 is 1. The van der Waals surface area contributed by atoms with E-state index >= 15 is 0 Å². The van der Waals surface area contributed by atoms with Crippen LogP contribution in [0.25, 0.3) is 0 Å². The highest BCUT2D eigenvalue weighted by Gasteiger charge is 2.30. The number of nitrogens with zero attached hydrogens (tertiary/aromatic N) is 1. The molecule has 0 unspecified atom stereocenters. The number of hydrogen-bond donors (Lipinski definition) is 1. The number of rotatable bonds is 6. The smallest absolute Gasteiger partial charge is 0.261 e. The summed E-state index contributed by atoms with van der Waals surface area (Å²) in [5.74, 6) is 0.458. The van der Waals surface area contributed by atoms with Gasteiger partial charge in [0.2, 0.25) is 10.0 Å². The summed E-state index contributed by atoms with van der Waals surface area (Å²) < 4.78 is 37.4. The van der Waals surface area contributed by atoms with Crippen molar-refractivity contribution in [1.29, 1.82) is 0 Å². The van der Waals surface area contributed by atoms with E-state index in [0.717, 1.165) is 11.3 Å². The largest absolute Gasteiger partial charge is 0.497 e. The standard InChI is InChI=1S/C18H22N2O5S2/c1-13-17(27(22,23)20-7-9-25-10-8-20)11-16(26-13)18(21)19-12-14-3-5-15(24-2)6-4-14/h3-6,11H,7-10,12H2,1-2H3,(H,19,21). The van der Waals surface area contributed by atoms with Crippen LogP contribution in [-0.2, 0) is 21.3 Å². The summed E-state index contributed by atoms with van der Waals surface area (Å²) in [6.45, 7) is 3.51. The minimum Gasteiger partial charge on any atom is -0.497 e. The van der Waals surface area contributed by atoms with Crippen LogP contribution in [0.4, 0.5) is 0 Å². The van der Waals surface area contributed by atoms with Crippen LogP contribution in [0, 0.1) is 6.92 Å². The maximum Gasteiger partial charge on any atom is 0.261 e. The number of ether oxygens (including phenoxy) is 2. The monoisotopic (exact) mass is 410 g/mol. The van der Waals surface area contributed by atoms with E-state index in [2.05, 4.69) is 5.32 Å². The maximum absolute atomic E-state index is 12.8. The van der Waals surface area contributed by atoms with Crippen LogP contribution in [0.15, 0.2) is 35.2 Å². The topological polar surface area (TPSA) is 84.9 Å². The first-order chi connectivity index (χ1) is 12.9. The molecule has 1 aliphatic rings. The molecule has 0 aliphatic carbocycles. The summed E-state index contributed by atoms with van der Waals surface area (Å²) in [7, 11) is -2.01. The van der Waals surface area contributed by atoms with Gasteiger partial charge in [-0.3, -0.25) is 4.79 Å². The van der Waals surface area contributed by atoms with E-state index < -0.39 is 10.0 Å². The molecular weight excluding hydrogens is 388 g/mol. The van der Waals surface area contributed by atoms with Gasteiger partial charge < -0.3 is 14.8 Å². The molecule has 0 spiro atoms. The Morgan fingerprint density at radius 3 is 2.56 bits per heavy atom. The van der Waals surface area contributed by atoms with Gasteiger partial charge >= 0.3 is 0 Å². The van der Waals surface area contributed by atoms with Crippen molar-refractivity contribution < 1.29 is 22.7 Å². The molecule has 0 saturated carbocycles. The van der Waals surface area contributed by atoms with Crippen LogP contribution in [0.2, 0.25) is 0 Å². The molecule has 2 heterocycles. The first kappa shape index (κ1) is 19.8. The second kappa shape index (κ2) is 8.39. The third kappa shape index (κ3) is 4.49. The van der Waals surface area contributed by atoms with Gasteiger partial charge in [0.05, 0.1) is 30.1 Å². The quantitative estimate of drug-likeness (QED) is 0.788. The minimum absolute atomic E-state index is 0.198. The minimum atomic E-state index is -3.61. The number of nitrogens with one attached hydrogen (secondary N) is 1. The fourth-order valence-electron chi connectivity index (χ4n) is 2.77. The van der Waals surface area contributed by atoms with Gasteiger partial charge in [-0.15, -0.1) is 11.3 Å². The van der Waals surface area contributed by atoms with Gasteiger partial charge in [-0.05, 0) is 30.7 Å². The summed E-state index contributed by atoms with van der Waals surface area (Å²) in [4.78, 5) is 13.6. The zero-order chi connectivity index (χ0) is 19.4. The number of sulfonamides is 1. The molecule has 146 valence electrons. The van der Waals surface area contributed by atoms with Gasteiger partial charge in [0.25, 0.3) is 5.91 Å². The van der Waals surface area contributed by atoms with E-state index in [4.69, 9.17) is 9.47 Å². The summed E-state index contributed by atoms with van der Waals surface area (Å²) >= 11 is 1.19. The molecule has 1 aromatic heterocycles. The molecule has 1 N–H and O–H groups in total. The molecule has 1 amide bonds. The Bertz CT molecular complexity index is 900.